The summed E-state index contributed by atoms with van der Waals surface area (Å²) in [4.78, 5) is 17.2. The second-order valence-electron chi connectivity index (χ2n) is 5.07. The fourth-order valence-electron chi connectivity index (χ4n) is 2.00. The van der Waals surface area contributed by atoms with Crippen molar-refractivity contribution in [3.8, 4) is 10.7 Å². The SMILES string of the molecule is Cc1c(Cl)cnc(NC(=O)CSc2nnc(-c3cccs3)n2C)c1Cl. The molecule has 0 aliphatic rings. The molecule has 25 heavy (non-hydrogen) atoms. The third kappa shape index (κ3) is 3.98. The van der Waals surface area contributed by atoms with E-state index in [4.69, 9.17) is 23.2 Å². The highest BCUT2D eigenvalue weighted by atomic mass is 35.5. The van der Waals surface area contributed by atoms with E-state index in [9.17, 15) is 4.79 Å². The molecule has 10 heteroatoms. The summed E-state index contributed by atoms with van der Waals surface area (Å²) in [5.41, 5.74) is 0.676. The summed E-state index contributed by atoms with van der Waals surface area (Å²) in [6.45, 7) is 1.77. The van der Waals surface area contributed by atoms with E-state index < -0.39 is 0 Å². The first kappa shape index (κ1) is 18.2. The zero-order chi connectivity index (χ0) is 18.0. The van der Waals surface area contributed by atoms with Crippen molar-refractivity contribution in [1.29, 1.82) is 0 Å². The van der Waals surface area contributed by atoms with Crippen LogP contribution in [0.3, 0.4) is 0 Å². The summed E-state index contributed by atoms with van der Waals surface area (Å²) < 4.78 is 1.86. The third-order valence-electron chi connectivity index (χ3n) is 3.37. The van der Waals surface area contributed by atoms with Gasteiger partial charge in [0, 0.05) is 13.2 Å². The normalized spacial score (nSPS) is 10.9. The first-order valence-corrected chi connectivity index (χ1v) is 9.76. The third-order valence-corrected chi connectivity index (χ3v) is 6.10. The van der Waals surface area contributed by atoms with Crippen molar-refractivity contribution in [3.05, 3.63) is 39.3 Å². The van der Waals surface area contributed by atoms with E-state index >= 15 is 0 Å². The Morgan fingerprint density at radius 1 is 1.40 bits per heavy atom. The van der Waals surface area contributed by atoms with Gasteiger partial charge in [-0.3, -0.25) is 4.79 Å². The highest BCUT2D eigenvalue weighted by Gasteiger charge is 2.15. The number of hydrogen-bond donors (Lipinski definition) is 1. The molecule has 1 amide bonds. The van der Waals surface area contributed by atoms with Crippen LogP contribution in [-0.4, -0.2) is 31.4 Å². The predicted octanol–water partition coefficient (Wildman–Crippen LogP) is 4.28. The maximum Gasteiger partial charge on any atom is 0.236 e. The van der Waals surface area contributed by atoms with Crippen molar-refractivity contribution < 1.29 is 4.79 Å². The molecular weight excluding hydrogens is 401 g/mol. The number of thioether (sulfide) groups is 1. The smallest absolute Gasteiger partial charge is 0.236 e. The molecule has 0 fully saturated rings. The van der Waals surface area contributed by atoms with E-state index in [1.54, 1.807) is 18.3 Å². The zero-order valence-corrected chi connectivity index (χ0v) is 16.4. The average molecular weight is 414 g/mol. The number of aromatic nitrogens is 4. The molecule has 0 unspecified atom stereocenters. The molecule has 1 N–H and O–H groups in total. The standard InChI is InChI=1S/C15H13Cl2N5OS2/c1-8-9(16)6-18-13(12(8)17)19-11(23)7-25-15-21-20-14(22(15)2)10-4-3-5-24-10/h3-6H,7H2,1-2H3,(H,18,19,23). The van der Waals surface area contributed by atoms with Gasteiger partial charge >= 0.3 is 0 Å². The van der Waals surface area contributed by atoms with Gasteiger partial charge in [-0.2, -0.15) is 0 Å². The minimum Gasteiger partial charge on any atom is -0.309 e. The highest BCUT2D eigenvalue weighted by Crippen LogP contribution is 2.29. The van der Waals surface area contributed by atoms with Crippen molar-refractivity contribution in [3.63, 3.8) is 0 Å². The number of pyridine rings is 1. The number of hydrogen-bond acceptors (Lipinski definition) is 6. The van der Waals surface area contributed by atoms with Crippen LogP contribution in [0, 0.1) is 6.92 Å². The largest absolute Gasteiger partial charge is 0.309 e. The summed E-state index contributed by atoms with van der Waals surface area (Å²) in [5.74, 6) is 1.000. The second kappa shape index (κ2) is 7.74. The molecule has 3 heterocycles. The maximum absolute atomic E-state index is 12.2. The van der Waals surface area contributed by atoms with Gasteiger partial charge in [-0.15, -0.1) is 21.5 Å². The number of halogens is 2. The van der Waals surface area contributed by atoms with Crippen LogP contribution in [0.25, 0.3) is 10.7 Å². The van der Waals surface area contributed by atoms with E-state index in [2.05, 4.69) is 20.5 Å². The predicted molar refractivity (Wildman–Crippen MR) is 103 cm³/mol. The monoisotopic (exact) mass is 413 g/mol. The van der Waals surface area contributed by atoms with Crippen molar-refractivity contribution >= 4 is 58.0 Å². The molecule has 3 rings (SSSR count). The van der Waals surface area contributed by atoms with Gasteiger partial charge in [0.2, 0.25) is 5.91 Å². The van der Waals surface area contributed by atoms with Crippen LogP contribution >= 0.6 is 46.3 Å². The molecule has 0 radical (unpaired) electrons. The molecule has 3 aromatic heterocycles. The maximum atomic E-state index is 12.2. The Morgan fingerprint density at radius 2 is 2.20 bits per heavy atom. The first-order valence-electron chi connectivity index (χ1n) is 7.14. The van der Waals surface area contributed by atoms with Crippen LogP contribution in [0.5, 0.6) is 0 Å². The fourth-order valence-corrected chi connectivity index (χ4v) is 3.85. The van der Waals surface area contributed by atoms with E-state index in [1.807, 2.05) is 29.1 Å². The van der Waals surface area contributed by atoms with Crippen LogP contribution in [0.2, 0.25) is 10.0 Å². The number of carbonyl (C=O) groups is 1. The van der Waals surface area contributed by atoms with Gasteiger partial charge in [-0.05, 0) is 23.9 Å². The van der Waals surface area contributed by atoms with Gasteiger partial charge in [0.25, 0.3) is 0 Å². The molecule has 0 aromatic carbocycles. The minimum absolute atomic E-state index is 0.163. The highest BCUT2D eigenvalue weighted by molar-refractivity contribution is 7.99. The lowest BCUT2D eigenvalue weighted by molar-refractivity contribution is -0.113. The lowest BCUT2D eigenvalue weighted by Gasteiger charge is -2.08. The average Bonchev–Trinajstić information content (AvgIpc) is 3.23. The number of rotatable bonds is 5. The van der Waals surface area contributed by atoms with E-state index in [-0.39, 0.29) is 11.7 Å². The Kier molecular flexibility index (Phi) is 5.63. The van der Waals surface area contributed by atoms with Crippen molar-refractivity contribution in [2.75, 3.05) is 11.1 Å². The van der Waals surface area contributed by atoms with Crippen molar-refractivity contribution in [2.45, 2.75) is 12.1 Å². The van der Waals surface area contributed by atoms with Gasteiger partial charge in [-0.1, -0.05) is 41.0 Å². The molecule has 130 valence electrons. The van der Waals surface area contributed by atoms with Crippen LogP contribution < -0.4 is 5.32 Å². The van der Waals surface area contributed by atoms with Crippen molar-refractivity contribution in [1.82, 2.24) is 19.7 Å². The van der Waals surface area contributed by atoms with Crippen LogP contribution in [0.1, 0.15) is 5.56 Å². The molecular formula is C15H13Cl2N5OS2. The first-order chi connectivity index (χ1) is 12.0. The quantitative estimate of drug-likeness (QED) is 0.631. The lowest BCUT2D eigenvalue weighted by atomic mass is 10.3. The summed E-state index contributed by atoms with van der Waals surface area (Å²) in [5, 5.41) is 14.4. The van der Waals surface area contributed by atoms with E-state index in [0.717, 1.165) is 10.7 Å². The molecule has 0 atom stereocenters. The molecule has 0 bridgehead atoms. The van der Waals surface area contributed by atoms with Crippen LogP contribution in [0.4, 0.5) is 5.82 Å². The summed E-state index contributed by atoms with van der Waals surface area (Å²) in [6.07, 6.45) is 1.46. The van der Waals surface area contributed by atoms with E-state index in [1.165, 1.54) is 18.0 Å². The number of nitrogens with one attached hydrogen (secondary N) is 1. The van der Waals surface area contributed by atoms with Gasteiger partial charge in [0.05, 0.1) is 20.7 Å². The fraction of sp³-hybridized carbons (Fsp3) is 0.200. The molecule has 0 spiro atoms. The van der Waals surface area contributed by atoms with Gasteiger partial charge in [0.1, 0.15) is 0 Å². The number of amides is 1. The Hall–Kier alpha value is -1.61. The summed E-state index contributed by atoms with van der Waals surface area (Å²) in [6, 6.07) is 3.94. The molecule has 0 saturated heterocycles. The van der Waals surface area contributed by atoms with Crippen molar-refractivity contribution in [2.24, 2.45) is 7.05 Å². The number of nitrogens with zero attached hydrogens (tertiary/aromatic N) is 4. The molecule has 6 nitrogen and oxygen atoms in total. The molecule has 0 aliphatic heterocycles. The van der Waals surface area contributed by atoms with Gasteiger partial charge in [0.15, 0.2) is 16.8 Å². The number of anilines is 1. The van der Waals surface area contributed by atoms with Gasteiger partial charge in [-0.25, -0.2) is 4.98 Å². The second-order valence-corrected chi connectivity index (χ2v) is 7.75. The number of carbonyl (C=O) groups excluding carboxylic acids is 1. The topological polar surface area (TPSA) is 72.7 Å². The molecule has 3 aromatic rings. The molecule has 0 aliphatic carbocycles. The zero-order valence-electron chi connectivity index (χ0n) is 13.3. The Bertz CT molecular complexity index is 911. The van der Waals surface area contributed by atoms with E-state index in [0.29, 0.717) is 26.6 Å². The van der Waals surface area contributed by atoms with Crippen LogP contribution in [-0.2, 0) is 11.8 Å². The van der Waals surface area contributed by atoms with Gasteiger partial charge < -0.3 is 9.88 Å². The minimum atomic E-state index is -0.234. The Balaban J connectivity index is 1.65. The Labute approximate surface area is 162 Å². The van der Waals surface area contributed by atoms with Crippen LogP contribution in [0.15, 0.2) is 28.9 Å². The Morgan fingerprint density at radius 3 is 2.92 bits per heavy atom. The number of thiophene rings is 1. The lowest BCUT2D eigenvalue weighted by Crippen LogP contribution is -2.16. The summed E-state index contributed by atoms with van der Waals surface area (Å²) in [7, 11) is 1.87. The molecule has 0 saturated carbocycles. The summed E-state index contributed by atoms with van der Waals surface area (Å²) >= 11 is 15.0.